The zero-order valence-electron chi connectivity index (χ0n) is 11.2. The van der Waals surface area contributed by atoms with Crippen LogP contribution in [0, 0.1) is 0 Å². The summed E-state index contributed by atoms with van der Waals surface area (Å²) >= 11 is 0. The summed E-state index contributed by atoms with van der Waals surface area (Å²) in [5.74, 6) is 0.0441. The van der Waals surface area contributed by atoms with E-state index in [1.807, 2.05) is 0 Å². The van der Waals surface area contributed by atoms with Gasteiger partial charge in [-0.3, -0.25) is 15.1 Å². The van der Waals surface area contributed by atoms with E-state index in [-0.39, 0.29) is 5.79 Å². The molecule has 3 rings (SSSR count). The van der Waals surface area contributed by atoms with Crippen molar-refractivity contribution in [2.75, 3.05) is 72.0 Å². The molecule has 0 spiro atoms. The Bertz CT molecular complexity index is 233. The van der Waals surface area contributed by atoms with Crippen LogP contribution in [0.15, 0.2) is 0 Å². The highest BCUT2D eigenvalue weighted by atomic mass is 15.5. The fourth-order valence-corrected chi connectivity index (χ4v) is 3.39. The van der Waals surface area contributed by atoms with Crippen molar-refractivity contribution in [3.8, 4) is 0 Å². The Morgan fingerprint density at radius 1 is 0.611 bits per heavy atom. The Morgan fingerprint density at radius 2 is 1.17 bits per heavy atom. The fraction of sp³-hybridized carbons (Fsp3) is 1.00. The summed E-state index contributed by atoms with van der Waals surface area (Å²) in [7, 11) is 0. The largest absolute Gasteiger partial charge is 0.314 e. The predicted octanol–water partition coefficient (Wildman–Crippen LogP) is -2.36. The van der Waals surface area contributed by atoms with Gasteiger partial charge in [-0.2, -0.15) is 0 Å². The van der Waals surface area contributed by atoms with Gasteiger partial charge in [0.05, 0.1) is 0 Å². The predicted molar refractivity (Wildman–Crippen MR) is 72.5 cm³/mol. The van der Waals surface area contributed by atoms with E-state index in [1.54, 1.807) is 0 Å². The molecule has 3 aliphatic rings. The third kappa shape index (κ3) is 2.41. The Labute approximate surface area is 109 Å². The van der Waals surface area contributed by atoms with Crippen molar-refractivity contribution in [1.82, 2.24) is 31.1 Å². The summed E-state index contributed by atoms with van der Waals surface area (Å²) < 4.78 is 0. The standard InChI is InChI=1S/C12H26N6/c1-2-16-12(11-15-1,17-7-3-13-4-8-17)18-9-5-14-6-10-18/h13-16H,1-11H2. The van der Waals surface area contributed by atoms with Crippen LogP contribution >= 0.6 is 0 Å². The van der Waals surface area contributed by atoms with Gasteiger partial charge < -0.3 is 16.0 Å². The molecule has 0 amide bonds. The van der Waals surface area contributed by atoms with Gasteiger partial charge in [-0.1, -0.05) is 0 Å². The minimum atomic E-state index is 0.0441. The van der Waals surface area contributed by atoms with Gasteiger partial charge in [0.15, 0.2) is 0 Å². The molecule has 0 unspecified atom stereocenters. The van der Waals surface area contributed by atoms with E-state index in [1.165, 1.54) is 0 Å². The van der Waals surface area contributed by atoms with Crippen LogP contribution in [-0.2, 0) is 0 Å². The molecule has 6 heteroatoms. The van der Waals surface area contributed by atoms with Crippen molar-refractivity contribution in [3.05, 3.63) is 0 Å². The van der Waals surface area contributed by atoms with Gasteiger partial charge in [-0.15, -0.1) is 0 Å². The van der Waals surface area contributed by atoms with E-state index in [9.17, 15) is 0 Å². The number of hydrogen-bond donors (Lipinski definition) is 4. The van der Waals surface area contributed by atoms with Crippen molar-refractivity contribution in [2.24, 2.45) is 0 Å². The molecular formula is C12H26N6. The maximum absolute atomic E-state index is 3.81. The molecule has 3 saturated heterocycles. The third-order valence-electron chi connectivity index (χ3n) is 4.36. The highest BCUT2D eigenvalue weighted by Crippen LogP contribution is 2.20. The first-order valence-electron chi connectivity index (χ1n) is 7.29. The summed E-state index contributed by atoms with van der Waals surface area (Å²) in [5, 5.41) is 14.3. The van der Waals surface area contributed by atoms with Gasteiger partial charge in [0, 0.05) is 72.0 Å². The van der Waals surface area contributed by atoms with Gasteiger partial charge in [0.2, 0.25) is 0 Å². The SMILES string of the molecule is C1CN(C2(N3CCNCC3)CNCCN2)CCN1. The van der Waals surface area contributed by atoms with E-state index in [0.29, 0.717) is 0 Å². The molecule has 0 atom stereocenters. The van der Waals surface area contributed by atoms with Crippen LogP contribution in [0.4, 0.5) is 0 Å². The lowest BCUT2D eigenvalue weighted by Crippen LogP contribution is -2.79. The quantitative estimate of drug-likeness (QED) is 0.443. The van der Waals surface area contributed by atoms with E-state index < -0.39 is 0 Å². The first-order valence-corrected chi connectivity index (χ1v) is 7.29. The molecule has 0 aromatic heterocycles. The molecule has 3 fully saturated rings. The van der Waals surface area contributed by atoms with Gasteiger partial charge in [0.25, 0.3) is 0 Å². The van der Waals surface area contributed by atoms with E-state index in [2.05, 4.69) is 31.1 Å². The molecule has 6 nitrogen and oxygen atoms in total. The lowest BCUT2D eigenvalue weighted by atomic mass is 10.1. The topological polar surface area (TPSA) is 54.6 Å². The highest BCUT2D eigenvalue weighted by Gasteiger charge is 2.43. The number of nitrogens with zero attached hydrogens (tertiary/aromatic N) is 2. The van der Waals surface area contributed by atoms with E-state index in [0.717, 1.165) is 72.0 Å². The molecule has 0 aromatic carbocycles. The van der Waals surface area contributed by atoms with Crippen molar-refractivity contribution in [1.29, 1.82) is 0 Å². The van der Waals surface area contributed by atoms with E-state index >= 15 is 0 Å². The van der Waals surface area contributed by atoms with Crippen molar-refractivity contribution in [3.63, 3.8) is 0 Å². The second-order valence-corrected chi connectivity index (χ2v) is 5.39. The van der Waals surface area contributed by atoms with Crippen LogP contribution in [0.3, 0.4) is 0 Å². The molecule has 0 saturated carbocycles. The van der Waals surface area contributed by atoms with Gasteiger partial charge in [0.1, 0.15) is 5.79 Å². The summed E-state index contributed by atoms with van der Waals surface area (Å²) in [6.07, 6.45) is 0. The minimum absolute atomic E-state index is 0.0441. The molecule has 0 bridgehead atoms. The Hall–Kier alpha value is -0.240. The monoisotopic (exact) mass is 254 g/mol. The third-order valence-corrected chi connectivity index (χ3v) is 4.36. The van der Waals surface area contributed by atoms with Crippen molar-refractivity contribution in [2.45, 2.75) is 5.79 Å². The smallest absolute Gasteiger partial charge is 0.141 e. The van der Waals surface area contributed by atoms with Crippen LogP contribution in [0.2, 0.25) is 0 Å². The molecule has 3 heterocycles. The fourth-order valence-electron chi connectivity index (χ4n) is 3.39. The van der Waals surface area contributed by atoms with Gasteiger partial charge >= 0.3 is 0 Å². The van der Waals surface area contributed by atoms with Crippen molar-refractivity contribution < 1.29 is 0 Å². The average molecular weight is 254 g/mol. The summed E-state index contributed by atoms with van der Waals surface area (Å²) in [6, 6.07) is 0. The van der Waals surface area contributed by atoms with Crippen LogP contribution < -0.4 is 21.3 Å². The second kappa shape index (κ2) is 5.81. The van der Waals surface area contributed by atoms with Crippen LogP contribution in [-0.4, -0.2) is 87.6 Å². The lowest BCUT2D eigenvalue weighted by molar-refractivity contribution is -0.102. The van der Waals surface area contributed by atoms with Crippen LogP contribution in [0.5, 0.6) is 0 Å². The van der Waals surface area contributed by atoms with E-state index in [4.69, 9.17) is 0 Å². The maximum Gasteiger partial charge on any atom is 0.141 e. The number of nitrogens with one attached hydrogen (secondary N) is 4. The summed E-state index contributed by atoms with van der Waals surface area (Å²) in [4.78, 5) is 5.25. The van der Waals surface area contributed by atoms with Crippen molar-refractivity contribution >= 4 is 0 Å². The molecule has 18 heavy (non-hydrogen) atoms. The Kier molecular flexibility index (Phi) is 4.13. The molecule has 104 valence electrons. The number of hydrogen-bond acceptors (Lipinski definition) is 6. The second-order valence-electron chi connectivity index (χ2n) is 5.39. The Morgan fingerprint density at radius 3 is 1.61 bits per heavy atom. The molecule has 4 N–H and O–H groups in total. The zero-order valence-corrected chi connectivity index (χ0v) is 11.2. The maximum atomic E-state index is 3.81. The highest BCUT2D eigenvalue weighted by molar-refractivity contribution is 4.96. The summed E-state index contributed by atoms with van der Waals surface area (Å²) in [6.45, 7) is 12.2. The van der Waals surface area contributed by atoms with Crippen LogP contribution in [0.25, 0.3) is 0 Å². The first-order chi connectivity index (χ1) is 8.92. The van der Waals surface area contributed by atoms with Gasteiger partial charge in [-0.05, 0) is 0 Å². The average Bonchev–Trinajstić information content (AvgIpc) is 2.50. The number of piperazine rings is 3. The lowest BCUT2D eigenvalue weighted by Gasteiger charge is -2.55. The molecular weight excluding hydrogens is 228 g/mol. The molecule has 0 aliphatic carbocycles. The normalized spacial score (nSPS) is 31.3. The number of rotatable bonds is 2. The molecule has 3 aliphatic heterocycles. The minimum Gasteiger partial charge on any atom is -0.314 e. The first kappa shape index (κ1) is 12.8. The Balaban J connectivity index is 1.77. The molecule has 0 aromatic rings. The molecule has 0 radical (unpaired) electrons. The summed E-state index contributed by atoms with van der Waals surface area (Å²) in [5.41, 5.74) is 0. The van der Waals surface area contributed by atoms with Gasteiger partial charge in [-0.25, -0.2) is 0 Å². The van der Waals surface area contributed by atoms with Crippen LogP contribution in [0.1, 0.15) is 0 Å². The zero-order chi connectivity index (χ0) is 12.3.